The van der Waals surface area contributed by atoms with E-state index in [1.807, 2.05) is 24.3 Å². The zero-order chi connectivity index (χ0) is 17.4. The highest BCUT2D eigenvalue weighted by Gasteiger charge is 2.42. The molecule has 5 nitrogen and oxygen atoms in total. The predicted octanol–water partition coefficient (Wildman–Crippen LogP) is 3.09. The van der Waals surface area contributed by atoms with Crippen LogP contribution in [0.1, 0.15) is 43.8 Å². The molecule has 3 fully saturated rings. The van der Waals surface area contributed by atoms with Gasteiger partial charge in [-0.1, -0.05) is 36.6 Å². The van der Waals surface area contributed by atoms with E-state index in [1.54, 1.807) is 0 Å². The summed E-state index contributed by atoms with van der Waals surface area (Å²) in [5, 5.41) is 3.94. The van der Waals surface area contributed by atoms with Crippen LogP contribution in [0.3, 0.4) is 0 Å². The Kier molecular flexibility index (Phi) is 7.82. The molecule has 27 heavy (non-hydrogen) atoms. The molecule has 0 bridgehead atoms. The highest BCUT2D eigenvalue weighted by molar-refractivity contribution is 6.30. The van der Waals surface area contributed by atoms with Gasteiger partial charge in [-0.05, 0) is 37.0 Å². The van der Waals surface area contributed by atoms with E-state index in [-0.39, 0.29) is 42.9 Å². The molecule has 3 N–H and O–H groups in total. The quantitative estimate of drug-likeness (QED) is 0.764. The third kappa shape index (κ3) is 4.89. The minimum absolute atomic E-state index is 0. The van der Waals surface area contributed by atoms with Crippen molar-refractivity contribution in [3.05, 3.63) is 34.9 Å². The number of nitrogens with zero attached hydrogens (tertiary/aromatic N) is 1. The second-order valence-electron chi connectivity index (χ2n) is 7.75. The standard InChI is InChI=1S/C19H26ClN3O2.2ClH/c20-14-5-3-13(4-6-14)17-11-23-10-15(9-16(23)12-25-17)22-18(24)19(21)7-1-2-8-19;;/h3-6,15-17H,1-2,7-12,21H2,(H,22,24);2*1H/t15-,16+,17-;;/m1../s1. The van der Waals surface area contributed by atoms with Gasteiger partial charge in [0.1, 0.15) is 0 Å². The normalized spacial score (nSPS) is 29.3. The first-order chi connectivity index (χ1) is 12.0. The molecule has 3 atom stereocenters. The number of ether oxygens (including phenoxy) is 1. The minimum atomic E-state index is -0.647. The van der Waals surface area contributed by atoms with Gasteiger partial charge in [-0.25, -0.2) is 0 Å². The number of hydrogen-bond acceptors (Lipinski definition) is 4. The molecule has 2 saturated heterocycles. The summed E-state index contributed by atoms with van der Waals surface area (Å²) >= 11 is 5.97. The van der Waals surface area contributed by atoms with Crippen LogP contribution in [0.5, 0.6) is 0 Å². The average molecular weight is 437 g/mol. The molecule has 1 amide bonds. The van der Waals surface area contributed by atoms with Crippen LogP contribution in [-0.2, 0) is 9.53 Å². The van der Waals surface area contributed by atoms with Crippen molar-refractivity contribution in [1.29, 1.82) is 0 Å². The van der Waals surface area contributed by atoms with Gasteiger partial charge in [-0.2, -0.15) is 0 Å². The number of amides is 1. The molecule has 152 valence electrons. The summed E-state index contributed by atoms with van der Waals surface area (Å²) in [6.45, 7) is 2.43. The van der Waals surface area contributed by atoms with Crippen LogP contribution in [0.2, 0.25) is 5.02 Å². The molecule has 2 heterocycles. The summed E-state index contributed by atoms with van der Waals surface area (Å²) in [6.07, 6.45) is 4.73. The number of rotatable bonds is 3. The number of benzene rings is 1. The third-order valence-electron chi connectivity index (χ3n) is 5.94. The molecule has 0 spiro atoms. The maximum Gasteiger partial charge on any atom is 0.240 e. The Balaban J connectivity index is 0.00000131. The fourth-order valence-corrected chi connectivity index (χ4v) is 4.55. The number of carbonyl (C=O) groups excluding carboxylic acids is 1. The minimum Gasteiger partial charge on any atom is -0.371 e. The van der Waals surface area contributed by atoms with Crippen molar-refractivity contribution in [3.63, 3.8) is 0 Å². The molecule has 1 aromatic rings. The zero-order valence-electron chi connectivity index (χ0n) is 15.2. The van der Waals surface area contributed by atoms with E-state index < -0.39 is 5.54 Å². The summed E-state index contributed by atoms with van der Waals surface area (Å²) in [4.78, 5) is 15.0. The van der Waals surface area contributed by atoms with Crippen molar-refractivity contribution in [2.24, 2.45) is 5.73 Å². The van der Waals surface area contributed by atoms with Crippen molar-refractivity contribution in [1.82, 2.24) is 10.2 Å². The lowest BCUT2D eigenvalue weighted by molar-refractivity contribution is -0.126. The van der Waals surface area contributed by atoms with Crippen molar-refractivity contribution >= 4 is 42.3 Å². The molecule has 0 radical (unpaired) electrons. The summed E-state index contributed by atoms with van der Waals surface area (Å²) in [6, 6.07) is 8.42. The van der Waals surface area contributed by atoms with E-state index in [4.69, 9.17) is 22.1 Å². The molecule has 3 aliphatic rings. The molecular weight excluding hydrogens is 409 g/mol. The van der Waals surface area contributed by atoms with Crippen LogP contribution in [0.15, 0.2) is 24.3 Å². The summed E-state index contributed by atoms with van der Waals surface area (Å²) in [5.41, 5.74) is 6.78. The second-order valence-corrected chi connectivity index (χ2v) is 8.19. The third-order valence-corrected chi connectivity index (χ3v) is 6.19. The molecule has 4 rings (SSSR count). The fraction of sp³-hybridized carbons (Fsp3) is 0.632. The highest BCUT2D eigenvalue weighted by atomic mass is 35.5. The van der Waals surface area contributed by atoms with Crippen LogP contribution in [0.4, 0.5) is 0 Å². The average Bonchev–Trinajstić information content (AvgIpc) is 3.21. The summed E-state index contributed by atoms with van der Waals surface area (Å²) < 4.78 is 6.07. The van der Waals surface area contributed by atoms with Gasteiger partial charge in [0.15, 0.2) is 0 Å². The molecule has 1 aliphatic carbocycles. The Morgan fingerprint density at radius 1 is 1.19 bits per heavy atom. The molecular formula is C19H28Cl3N3O2. The largest absolute Gasteiger partial charge is 0.371 e. The second kappa shape index (κ2) is 9.29. The molecule has 1 aromatic carbocycles. The van der Waals surface area contributed by atoms with E-state index in [9.17, 15) is 4.79 Å². The van der Waals surface area contributed by atoms with E-state index in [0.29, 0.717) is 12.6 Å². The number of carbonyl (C=O) groups is 1. The maximum atomic E-state index is 12.5. The number of nitrogens with two attached hydrogens (primary N) is 1. The number of hydrogen-bond donors (Lipinski definition) is 2. The van der Waals surface area contributed by atoms with Gasteiger partial charge < -0.3 is 15.8 Å². The lowest BCUT2D eigenvalue weighted by atomic mass is 9.97. The van der Waals surface area contributed by atoms with Crippen molar-refractivity contribution in [2.75, 3.05) is 19.7 Å². The Morgan fingerprint density at radius 3 is 2.52 bits per heavy atom. The van der Waals surface area contributed by atoms with Crippen LogP contribution >= 0.6 is 36.4 Å². The van der Waals surface area contributed by atoms with Crippen LogP contribution in [0, 0.1) is 0 Å². The lowest BCUT2D eigenvalue weighted by Gasteiger charge is -2.35. The molecule has 1 saturated carbocycles. The topological polar surface area (TPSA) is 67.6 Å². The number of nitrogens with one attached hydrogen (secondary N) is 1. The van der Waals surface area contributed by atoms with Crippen LogP contribution < -0.4 is 11.1 Å². The molecule has 8 heteroatoms. The van der Waals surface area contributed by atoms with E-state index in [0.717, 1.165) is 55.8 Å². The first-order valence-electron chi connectivity index (χ1n) is 9.24. The molecule has 2 aliphatic heterocycles. The Hall–Kier alpha value is -0.560. The zero-order valence-corrected chi connectivity index (χ0v) is 17.6. The van der Waals surface area contributed by atoms with Gasteiger partial charge in [-0.15, -0.1) is 24.8 Å². The molecule has 0 aromatic heterocycles. The van der Waals surface area contributed by atoms with Crippen molar-refractivity contribution in [2.45, 2.75) is 55.8 Å². The monoisotopic (exact) mass is 435 g/mol. The maximum absolute atomic E-state index is 12.5. The van der Waals surface area contributed by atoms with Crippen molar-refractivity contribution < 1.29 is 9.53 Å². The number of halogens is 3. The SMILES string of the molecule is Cl.Cl.NC1(C(=O)N[C@@H]2C[C@H]3CO[C@@H](c4ccc(Cl)cc4)CN3C2)CCCC1. The Morgan fingerprint density at radius 2 is 1.85 bits per heavy atom. The number of fused-ring (bicyclic) bond motifs is 1. The van der Waals surface area contributed by atoms with E-state index in [2.05, 4.69) is 10.2 Å². The summed E-state index contributed by atoms with van der Waals surface area (Å²) in [5.74, 6) is 0.0324. The van der Waals surface area contributed by atoms with E-state index >= 15 is 0 Å². The van der Waals surface area contributed by atoms with Gasteiger partial charge in [0.2, 0.25) is 5.91 Å². The van der Waals surface area contributed by atoms with Gasteiger partial charge in [0.05, 0.1) is 18.2 Å². The fourth-order valence-electron chi connectivity index (χ4n) is 4.42. The predicted molar refractivity (Wildman–Crippen MR) is 112 cm³/mol. The van der Waals surface area contributed by atoms with Crippen LogP contribution in [0.25, 0.3) is 0 Å². The van der Waals surface area contributed by atoms with Gasteiger partial charge >= 0.3 is 0 Å². The summed E-state index contributed by atoms with van der Waals surface area (Å²) in [7, 11) is 0. The Labute approximate surface area is 178 Å². The highest BCUT2D eigenvalue weighted by Crippen LogP contribution is 2.32. The van der Waals surface area contributed by atoms with Gasteiger partial charge in [-0.3, -0.25) is 9.69 Å². The van der Waals surface area contributed by atoms with Crippen molar-refractivity contribution in [3.8, 4) is 0 Å². The van der Waals surface area contributed by atoms with Gasteiger partial charge in [0, 0.05) is 30.2 Å². The van der Waals surface area contributed by atoms with Gasteiger partial charge in [0.25, 0.3) is 0 Å². The smallest absolute Gasteiger partial charge is 0.240 e. The first kappa shape index (κ1) is 22.7. The van der Waals surface area contributed by atoms with Crippen LogP contribution in [-0.4, -0.2) is 48.1 Å². The molecule has 0 unspecified atom stereocenters. The Bertz CT molecular complexity index is 638. The first-order valence-corrected chi connectivity index (χ1v) is 9.62. The number of morpholine rings is 1. The lowest BCUT2D eigenvalue weighted by Crippen LogP contribution is -2.54. The van der Waals surface area contributed by atoms with E-state index in [1.165, 1.54) is 0 Å².